The molecule has 2 rings (SSSR count). The van der Waals surface area contributed by atoms with E-state index in [4.69, 9.17) is 10.8 Å². The summed E-state index contributed by atoms with van der Waals surface area (Å²) in [5, 5.41) is 13.8. The molecule has 10 heteroatoms. The number of nitrogens with two attached hydrogens (primary N) is 1. The molecule has 2 aromatic rings. The molecule has 9 nitrogen and oxygen atoms in total. The lowest BCUT2D eigenvalue weighted by molar-refractivity contribution is -0.126. The van der Waals surface area contributed by atoms with Gasteiger partial charge in [-0.15, -0.1) is 0 Å². The molecule has 1 aromatic heterocycles. The molecule has 30 heavy (non-hydrogen) atoms. The van der Waals surface area contributed by atoms with Crippen molar-refractivity contribution < 1.29 is 28.7 Å². The lowest BCUT2D eigenvalue weighted by Crippen LogP contribution is -2.49. The molecule has 0 aliphatic heterocycles. The van der Waals surface area contributed by atoms with E-state index in [-0.39, 0.29) is 16.8 Å². The summed E-state index contributed by atoms with van der Waals surface area (Å²) in [5.74, 6) is -4.06. The average Bonchev–Trinajstić information content (AvgIpc) is 2.90. The van der Waals surface area contributed by atoms with E-state index in [0.717, 1.165) is 0 Å². The SMILES string of the molecule is Cc1cc(NC(=O)c2c(C)c(C(=O)C(=O)NC(CO)C(N)=O)n(C)c2C)ccc1F. The first-order valence-electron chi connectivity index (χ1n) is 8.98. The van der Waals surface area contributed by atoms with Gasteiger partial charge in [0.25, 0.3) is 17.6 Å². The van der Waals surface area contributed by atoms with E-state index in [1.54, 1.807) is 13.8 Å². The number of ketones is 1. The van der Waals surface area contributed by atoms with Gasteiger partial charge in [-0.05, 0) is 50.1 Å². The third-order valence-electron chi connectivity index (χ3n) is 4.83. The minimum atomic E-state index is -1.41. The first-order chi connectivity index (χ1) is 14.0. The Bertz CT molecular complexity index is 1040. The number of Topliss-reactive ketones (excluding diaryl/α,β-unsaturated/α-hetero) is 1. The van der Waals surface area contributed by atoms with Gasteiger partial charge in [-0.1, -0.05) is 0 Å². The van der Waals surface area contributed by atoms with Gasteiger partial charge in [0.15, 0.2) is 0 Å². The van der Waals surface area contributed by atoms with Crippen molar-refractivity contribution in [1.29, 1.82) is 0 Å². The van der Waals surface area contributed by atoms with E-state index in [1.807, 2.05) is 0 Å². The van der Waals surface area contributed by atoms with E-state index in [9.17, 15) is 23.6 Å². The molecular weight excluding hydrogens is 395 g/mol. The maximum atomic E-state index is 13.4. The summed E-state index contributed by atoms with van der Waals surface area (Å²) < 4.78 is 14.8. The Balaban J connectivity index is 2.34. The van der Waals surface area contributed by atoms with E-state index < -0.39 is 42.0 Å². The van der Waals surface area contributed by atoms with Crippen LogP contribution in [0.5, 0.6) is 0 Å². The first kappa shape index (κ1) is 22.8. The number of carbonyl (C=O) groups excluding carboxylic acids is 4. The van der Waals surface area contributed by atoms with Crippen LogP contribution in [0.1, 0.15) is 37.7 Å². The summed E-state index contributed by atoms with van der Waals surface area (Å²) in [6.45, 7) is 3.91. The zero-order valence-corrected chi connectivity index (χ0v) is 17.0. The molecule has 0 aliphatic rings. The number of aromatic nitrogens is 1. The number of halogens is 1. The van der Waals surface area contributed by atoms with Crippen molar-refractivity contribution in [3.8, 4) is 0 Å². The quantitative estimate of drug-likeness (QED) is 0.382. The van der Waals surface area contributed by atoms with Crippen molar-refractivity contribution in [2.24, 2.45) is 12.8 Å². The molecule has 5 N–H and O–H groups in total. The lowest BCUT2D eigenvalue weighted by atomic mass is 10.1. The number of nitrogens with one attached hydrogen (secondary N) is 2. The molecule has 160 valence electrons. The Morgan fingerprint density at radius 3 is 2.37 bits per heavy atom. The molecule has 0 radical (unpaired) electrons. The molecule has 1 atom stereocenters. The minimum Gasteiger partial charge on any atom is -0.394 e. The molecule has 1 unspecified atom stereocenters. The lowest BCUT2D eigenvalue weighted by Gasteiger charge is -2.12. The molecule has 0 fully saturated rings. The monoisotopic (exact) mass is 418 g/mol. The Morgan fingerprint density at radius 2 is 1.83 bits per heavy atom. The Kier molecular flexibility index (Phi) is 6.73. The Labute approximate surface area is 172 Å². The normalized spacial score (nSPS) is 11.7. The predicted molar refractivity (Wildman–Crippen MR) is 107 cm³/mol. The van der Waals surface area contributed by atoms with Crippen LogP contribution in [0.15, 0.2) is 18.2 Å². The van der Waals surface area contributed by atoms with Gasteiger partial charge < -0.3 is 26.0 Å². The minimum absolute atomic E-state index is 0.0494. The summed E-state index contributed by atoms with van der Waals surface area (Å²) in [5.41, 5.74) is 6.59. The van der Waals surface area contributed by atoms with Crippen molar-refractivity contribution in [1.82, 2.24) is 9.88 Å². The average molecular weight is 418 g/mol. The van der Waals surface area contributed by atoms with Crippen LogP contribution in [0.25, 0.3) is 0 Å². The number of rotatable bonds is 7. The van der Waals surface area contributed by atoms with Crippen LogP contribution in [0, 0.1) is 26.6 Å². The number of nitrogens with zero attached hydrogens (tertiary/aromatic N) is 1. The fourth-order valence-corrected chi connectivity index (χ4v) is 3.09. The summed E-state index contributed by atoms with van der Waals surface area (Å²) in [6.07, 6.45) is 0. The van der Waals surface area contributed by atoms with Gasteiger partial charge in [-0.3, -0.25) is 19.2 Å². The molecule has 1 aromatic carbocycles. The highest BCUT2D eigenvalue weighted by molar-refractivity contribution is 6.43. The maximum Gasteiger partial charge on any atom is 0.294 e. The number of benzene rings is 1. The second kappa shape index (κ2) is 8.87. The summed E-state index contributed by atoms with van der Waals surface area (Å²) in [4.78, 5) is 48.9. The third-order valence-corrected chi connectivity index (χ3v) is 4.83. The number of aliphatic hydroxyl groups excluding tert-OH is 1. The highest BCUT2D eigenvalue weighted by Crippen LogP contribution is 2.23. The van der Waals surface area contributed by atoms with Crippen LogP contribution in [0.3, 0.4) is 0 Å². The van der Waals surface area contributed by atoms with Crippen LogP contribution in [0.4, 0.5) is 10.1 Å². The molecule has 0 bridgehead atoms. The summed E-state index contributed by atoms with van der Waals surface area (Å²) in [7, 11) is 1.51. The fraction of sp³-hybridized carbons (Fsp3) is 0.300. The van der Waals surface area contributed by atoms with Crippen molar-refractivity contribution >= 4 is 29.2 Å². The summed E-state index contributed by atoms with van der Waals surface area (Å²) >= 11 is 0. The largest absolute Gasteiger partial charge is 0.394 e. The summed E-state index contributed by atoms with van der Waals surface area (Å²) in [6, 6.07) is 2.70. The number of primary amides is 1. The highest BCUT2D eigenvalue weighted by Gasteiger charge is 2.30. The van der Waals surface area contributed by atoms with E-state index in [0.29, 0.717) is 16.9 Å². The van der Waals surface area contributed by atoms with Gasteiger partial charge in [0.1, 0.15) is 11.9 Å². The third kappa shape index (κ3) is 4.38. The second-order valence-electron chi connectivity index (χ2n) is 6.85. The van der Waals surface area contributed by atoms with Crippen LogP contribution in [-0.2, 0) is 16.6 Å². The van der Waals surface area contributed by atoms with E-state index in [2.05, 4.69) is 10.6 Å². The van der Waals surface area contributed by atoms with Crippen molar-refractivity contribution in [3.63, 3.8) is 0 Å². The van der Waals surface area contributed by atoms with Gasteiger partial charge in [0.05, 0.1) is 17.9 Å². The number of hydrogen-bond donors (Lipinski definition) is 4. The van der Waals surface area contributed by atoms with Crippen LogP contribution >= 0.6 is 0 Å². The smallest absolute Gasteiger partial charge is 0.294 e. The molecule has 0 saturated heterocycles. The number of anilines is 1. The molecule has 1 heterocycles. The van der Waals surface area contributed by atoms with Crippen LogP contribution in [-0.4, -0.2) is 45.8 Å². The maximum absolute atomic E-state index is 13.4. The predicted octanol–water partition coefficient (Wildman–Crippen LogP) is 0.487. The van der Waals surface area contributed by atoms with Gasteiger partial charge in [-0.2, -0.15) is 0 Å². The number of amides is 3. The number of aliphatic hydroxyl groups is 1. The first-order valence-corrected chi connectivity index (χ1v) is 8.98. The number of aryl methyl sites for hydroxylation is 1. The Morgan fingerprint density at radius 1 is 1.20 bits per heavy atom. The highest BCUT2D eigenvalue weighted by atomic mass is 19.1. The van der Waals surface area contributed by atoms with E-state index in [1.165, 1.54) is 36.7 Å². The van der Waals surface area contributed by atoms with Crippen molar-refractivity contribution in [2.75, 3.05) is 11.9 Å². The van der Waals surface area contributed by atoms with Crippen molar-refractivity contribution in [2.45, 2.75) is 26.8 Å². The second-order valence-corrected chi connectivity index (χ2v) is 6.85. The molecule has 0 aliphatic carbocycles. The van der Waals surface area contributed by atoms with Crippen LogP contribution in [0.2, 0.25) is 0 Å². The van der Waals surface area contributed by atoms with Gasteiger partial charge >= 0.3 is 0 Å². The Hall–Kier alpha value is -3.53. The van der Waals surface area contributed by atoms with Crippen molar-refractivity contribution in [3.05, 3.63) is 52.1 Å². The standard InChI is InChI=1S/C20H23FN4O5/c1-9-7-12(5-6-13(9)21)23-19(29)15-10(2)16(25(4)11(15)3)17(27)20(30)24-14(8-26)18(22)28/h5-7,14,26H,8H2,1-4H3,(H2,22,28)(H,23,29)(H,24,30). The molecular formula is C20H23FN4O5. The topological polar surface area (TPSA) is 144 Å². The molecule has 0 spiro atoms. The molecule has 3 amide bonds. The van der Waals surface area contributed by atoms with Gasteiger partial charge in [-0.25, -0.2) is 4.39 Å². The molecule has 0 saturated carbocycles. The zero-order chi connectivity index (χ0) is 22.7. The van der Waals surface area contributed by atoms with Gasteiger partial charge in [0.2, 0.25) is 5.91 Å². The zero-order valence-electron chi connectivity index (χ0n) is 17.0. The van der Waals surface area contributed by atoms with E-state index >= 15 is 0 Å². The van der Waals surface area contributed by atoms with Crippen LogP contribution < -0.4 is 16.4 Å². The fourth-order valence-electron chi connectivity index (χ4n) is 3.09. The van der Waals surface area contributed by atoms with Gasteiger partial charge in [0, 0.05) is 18.4 Å². The number of carbonyl (C=O) groups is 4. The number of hydrogen-bond acceptors (Lipinski definition) is 5.